The lowest BCUT2D eigenvalue weighted by atomic mass is 9.78. The Morgan fingerprint density at radius 1 is 0.667 bits per heavy atom. The molecule has 0 bridgehead atoms. The van der Waals surface area contributed by atoms with Crippen LogP contribution in [-0.4, -0.2) is 9.79 Å². The van der Waals surface area contributed by atoms with E-state index in [-0.39, 0.29) is 0 Å². The van der Waals surface area contributed by atoms with Gasteiger partial charge in [0, 0.05) is 0 Å². The molecular weight excluding hydrogens is 319 g/mol. The van der Waals surface area contributed by atoms with Gasteiger partial charge < -0.3 is 9.79 Å². The van der Waals surface area contributed by atoms with Crippen molar-refractivity contribution in [2.24, 2.45) is 35.5 Å². The van der Waals surface area contributed by atoms with Crippen LogP contribution in [0.25, 0.3) is 0 Å². The van der Waals surface area contributed by atoms with Crippen LogP contribution in [0.2, 0.25) is 0 Å². The lowest BCUT2D eigenvalue weighted by Crippen LogP contribution is -2.16. The highest BCUT2D eigenvalue weighted by atomic mass is 31.1. The predicted molar refractivity (Wildman–Crippen MR) is 105 cm³/mol. The second-order valence-electron chi connectivity index (χ2n) is 8.81. The molecule has 0 aliphatic heterocycles. The van der Waals surface area contributed by atoms with Gasteiger partial charge in [0.2, 0.25) is 0 Å². The van der Waals surface area contributed by atoms with Crippen LogP contribution < -0.4 is 0 Å². The van der Waals surface area contributed by atoms with E-state index in [0.717, 1.165) is 35.5 Å². The summed E-state index contributed by atoms with van der Waals surface area (Å²) >= 11 is 0. The van der Waals surface area contributed by atoms with Crippen molar-refractivity contribution in [1.29, 1.82) is 0 Å². The minimum absolute atomic E-state index is 0.924. The van der Waals surface area contributed by atoms with E-state index in [4.69, 9.17) is 14.4 Å². The molecule has 2 aliphatic rings. The largest absolute Gasteiger partial charge is 0.326 e. The van der Waals surface area contributed by atoms with Crippen molar-refractivity contribution in [3.05, 3.63) is 0 Å². The average Bonchev–Trinajstić information content (AvgIpc) is 2.48. The molecule has 2 aliphatic carbocycles. The van der Waals surface area contributed by atoms with E-state index in [1.807, 2.05) is 0 Å². The van der Waals surface area contributed by atoms with Gasteiger partial charge in [0.05, 0.1) is 0 Å². The Morgan fingerprint density at radius 2 is 0.875 bits per heavy atom. The summed E-state index contributed by atoms with van der Waals surface area (Å²) in [5.41, 5.74) is 0. The summed E-state index contributed by atoms with van der Waals surface area (Å²) in [6, 6.07) is 0. The van der Waals surface area contributed by atoms with Crippen molar-refractivity contribution < 1.29 is 14.4 Å². The molecule has 24 heavy (non-hydrogen) atoms. The van der Waals surface area contributed by atoms with Crippen molar-refractivity contribution in [3.8, 4) is 0 Å². The molecular formula is C20H43O3P. The molecule has 0 aromatic rings. The molecule has 0 radical (unpaired) electrons. The number of hydrogen-bond donors (Lipinski definition) is 2. The van der Waals surface area contributed by atoms with Crippen LogP contribution in [-0.2, 0) is 4.57 Å². The predicted octanol–water partition coefficient (Wildman–Crippen LogP) is 6.30. The second-order valence-corrected chi connectivity index (χ2v) is 9.38. The van der Waals surface area contributed by atoms with Crippen LogP contribution in [0.5, 0.6) is 0 Å². The standard InChI is InChI=1S/2C10H20.H3O3P/c2*1-8(2)10-6-4-9(3)5-7-10;1-4(2)3/h2*8-10H,4-7H2,1-3H3;4H,(H2,1,2,3). The molecule has 0 heterocycles. The van der Waals surface area contributed by atoms with E-state index in [1.54, 1.807) is 0 Å². The third-order valence-electron chi connectivity index (χ3n) is 6.01. The molecule has 0 aromatic heterocycles. The van der Waals surface area contributed by atoms with E-state index in [2.05, 4.69) is 41.5 Å². The fraction of sp³-hybridized carbons (Fsp3) is 1.00. The minimum Gasteiger partial charge on any atom is -0.326 e. The quantitative estimate of drug-likeness (QED) is 0.567. The summed E-state index contributed by atoms with van der Waals surface area (Å²) in [6.07, 6.45) is 11.8. The second kappa shape index (κ2) is 13.4. The molecule has 4 heteroatoms. The Bertz CT molecular complexity index is 285. The highest BCUT2D eigenvalue weighted by Crippen LogP contribution is 2.33. The molecule has 2 N–H and O–H groups in total. The first-order valence-electron chi connectivity index (χ1n) is 10.0. The first-order valence-corrected chi connectivity index (χ1v) is 11.4. The zero-order valence-corrected chi connectivity index (χ0v) is 17.9. The van der Waals surface area contributed by atoms with Gasteiger partial charge in [-0.3, -0.25) is 4.57 Å². The number of rotatable bonds is 2. The molecule has 0 saturated heterocycles. The summed E-state index contributed by atoms with van der Waals surface area (Å²) in [6.45, 7) is 14.2. The summed E-state index contributed by atoms with van der Waals surface area (Å²) in [4.78, 5) is 14.3. The third-order valence-corrected chi connectivity index (χ3v) is 6.01. The molecule has 3 nitrogen and oxygen atoms in total. The van der Waals surface area contributed by atoms with Gasteiger partial charge in [-0.05, 0) is 61.2 Å². The van der Waals surface area contributed by atoms with Gasteiger partial charge in [0.1, 0.15) is 0 Å². The maximum atomic E-state index is 8.74. The number of hydrogen-bond acceptors (Lipinski definition) is 1. The van der Waals surface area contributed by atoms with Crippen LogP contribution in [0.3, 0.4) is 0 Å². The Kier molecular flexibility index (Phi) is 13.5. The van der Waals surface area contributed by atoms with E-state index in [0.29, 0.717) is 0 Å². The highest BCUT2D eigenvalue weighted by Gasteiger charge is 2.20. The highest BCUT2D eigenvalue weighted by molar-refractivity contribution is 7.30. The normalized spacial score (nSPS) is 30.5. The van der Waals surface area contributed by atoms with E-state index < -0.39 is 8.25 Å². The van der Waals surface area contributed by atoms with Gasteiger partial charge in [-0.1, -0.05) is 67.2 Å². The molecule has 0 amide bonds. The van der Waals surface area contributed by atoms with Crippen molar-refractivity contribution in [1.82, 2.24) is 0 Å². The lowest BCUT2D eigenvalue weighted by Gasteiger charge is -2.28. The topological polar surface area (TPSA) is 57.5 Å². The minimum atomic E-state index is -3.13. The molecule has 146 valence electrons. The Balaban J connectivity index is 0.000000363. The SMILES string of the molecule is CC1CCC(C(C)C)CC1.CC1CCC(C(C)C)CC1.O=[PH](O)O. The summed E-state index contributed by atoms with van der Waals surface area (Å²) < 4.78 is 8.74. The van der Waals surface area contributed by atoms with Gasteiger partial charge in [-0.25, -0.2) is 0 Å². The third kappa shape index (κ3) is 12.5. The fourth-order valence-electron chi connectivity index (χ4n) is 3.91. The van der Waals surface area contributed by atoms with Crippen molar-refractivity contribution in [2.45, 2.75) is 92.9 Å². The van der Waals surface area contributed by atoms with Gasteiger partial charge in [0.15, 0.2) is 0 Å². The van der Waals surface area contributed by atoms with Crippen LogP contribution in [0.4, 0.5) is 0 Å². The summed E-state index contributed by atoms with van der Waals surface area (Å²) in [7, 11) is -3.13. The first kappa shape index (κ1) is 24.1. The van der Waals surface area contributed by atoms with Gasteiger partial charge in [-0.2, -0.15) is 0 Å². The molecule has 0 atom stereocenters. The molecule has 0 unspecified atom stereocenters. The van der Waals surface area contributed by atoms with E-state index in [9.17, 15) is 0 Å². The van der Waals surface area contributed by atoms with Crippen molar-refractivity contribution >= 4 is 8.25 Å². The monoisotopic (exact) mass is 362 g/mol. The van der Waals surface area contributed by atoms with Crippen LogP contribution in [0.1, 0.15) is 92.9 Å². The molecule has 2 saturated carbocycles. The maximum absolute atomic E-state index is 8.74. The molecule has 2 fully saturated rings. The summed E-state index contributed by atoms with van der Waals surface area (Å²) in [5.74, 6) is 5.94. The maximum Gasteiger partial charge on any atom is 0.314 e. The Hall–Kier alpha value is 0.150. The van der Waals surface area contributed by atoms with Gasteiger partial charge >= 0.3 is 8.25 Å². The van der Waals surface area contributed by atoms with Crippen molar-refractivity contribution in [2.75, 3.05) is 0 Å². The zero-order chi connectivity index (χ0) is 18.7. The lowest BCUT2D eigenvalue weighted by molar-refractivity contribution is 0.234. The van der Waals surface area contributed by atoms with E-state index >= 15 is 0 Å². The Labute approximate surface area is 151 Å². The zero-order valence-electron chi connectivity index (χ0n) is 16.9. The van der Waals surface area contributed by atoms with E-state index in [1.165, 1.54) is 51.4 Å². The Morgan fingerprint density at radius 3 is 1.04 bits per heavy atom. The molecule has 0 aromatic carbocycles. The van der Waals surface area contributed by atoms with Crippen LogP contribution in [0, 0.1) is 35.5 Å². The first-order chi connectivity index (χ1) is 11.1. The smallest absolute Gasteiger partial charge is 0.314 e. The summed E-state index contributed by atoms with van der Waals surface area (Å²) in [5, 5.41) is 0. The fourth-order valence-corrected chi connectivity index (χ4v) is 3.91. The van der Waals surface area contributed by atoms with Crippen LogP contribution in [0.15, 0.2) is 0 Å². The van der Waals surface area contributed by atoms with Gasteiger partial charge in [0.25, 0.3) is 0 Å². The molecule has 2 rings (SSSR count). The van der Waals surface area contributed by atoms with Crippen LogP contribution >= 0.6 is 8.25 Å². The molecule has 0 spiro atoms. The average molecular weight is 363 g/mol. The van der Waals surface area contributed by atoms with Crippen molar-refractivity contribution in [3.63, 3.8) is 0 Å². The van der Waals surface area contributed by atoms with Gasteiger partial charge in [-0.15, -0.1) is 0 Å².